The van der Waals surface area contributed by atoms with Gasteiger partial charge < -0.3 is 15.5 Å². The number of guanidine groups is 1. The maximum atomic E-state index is 12.1. The molecule has 1 aliphatic heterocycles. The van der Waals surface area contributed by atoms with E-state index < -0.39 is 0 Å². The maximum Gasteiger partial charge on any atom is 0.253 e. The molecular formula is C23H39N5O. The van der Waals surface area contributed by atoms with Crippen LogP contribution in [0.5, 0.6) is 0 Å². The highest BCUT2D eigenvalue weighted by atomic mass is 16.2. The van der Waals surface area contributed by atoms with Crippen molar-refractivity contribution in [1.82, 2.24) is 20.4 Å². The Morgan fingerprint density at radius 3 is 2.55 bits per heavy atom. The molecule has 0 bridgehead atoms. The fourth-order valence-electron chi connectivity index (χ4n) is 3.89. The summed E-state index contributed by atoms with van der Waals surface area (Å²) in [5.41, 5.74) is 1.88. The first kappa shape index (κ1) is 23.2. The summed E-state index contributed by atoms with van der Waals surface area (Å²) in [6, 6.07) is 8.42. The van der Waals surface area contributed by atoms with Crippen molar-refractivity contribution >= 4 is 11.9 Å². The molecule has 0 spiro atoms. The Balaban J connectivity index is 1.82. The molecule has 0 aromatic heterocycles. The minimum atomic E-state index is 0.0374. The number of aliphatic imine (C=N–C) groups is 1. The van der Waals surface area contributed by atoms with Gasteiger partial charge in [-0.25, -0.2) is 0 Å². The van der Waals surface area contributed by atoms with E-state index in [1.807, 2.05) is 25.2 Å². The van der Waals surface area contributed by atoms with Gasteiger partial charge in [0.05, 0.1) is 0 Å². The Morgan fingerprint density at radius 1 is 1.21 bits per heavy atom. The second-order valence-corrected chi connectivity index (χ2v) is 8.56. The zero-order chi connectivity index (χ0) is 21.2. The van der Waals surface area contributed by atoms with Gasteiger partial charge in [0.25, 0.3) is 5.91 Å². The lowest BCUT2D eigenvalue weighted by Crippen LogP contribution is -2.47. The van der Waals surface area contributed by atoms with Crippen LogP contribution in [0.2, 0.25) is 0 Å². The highest BCUT2D eigenvalue weighted by molar-refractivity contribution is 5.94. The van der Waals surface area contributed by atoms with Gasteiger partial charge in [-0.2, -0.15) is 0 Å². The fourth-order valence-corrected chi connectivity index (χ4v) is 3.89. The zero-order valence-electron chi connectivity index (χ0n) is 18.9. The topological polar surface area (TPSA) is 60.0 Å². The molecule has 1 amide bonds. The van der Waals surface area contributed by atoms with Gasteiger partial charge in [0, 0.05) is 45.8 Å². The third kappa shape index (κ3) is 7.69. The molecule has 162 valence electrons. The number of rotatable bonds is 9. The van der Waals surface area contributed by atoms with Gasteiger partial charge in [-0.1, -0.05) is 26.0 Å². The van der Waals surface area contributed by atoms with Gasteiger partial charge in [0.15, 0.2) is 5.96 Å². The minimum Gasteiger partial charge on any atom is -0.356 e. The Bertz CT molecular complexity index is 665. The van der Waals surface area contributed by atoms with Gasteiger partial charge in [-0.3, -0.25) is 14.7 Å². The van der Waals surface area contributed by atoms with Crippen molar-refractivity contribution in [2.24, 2.45) is 10.9 Å². The second kappa shape index (κ2) is 11.8. The first-order valence-corrected chi connectivity index (χ1v) is 10.9. The van der Waals surface area contributed by atoms with E-state index in [1.54, 1.807) is 19.0 Å². The second-order valence-electron chi connectivity index (χ2n) is 8.56. The molecule has 2 N–H and O–H groups in total. The lowest BCUT2D eigenvalue weighted by Gasteiger charge is -2.29. The fraction of sp³-hybridized carbons (Fsp3) is 0.652. The standard InChI is InChI=1S/C23H39N5O/c1-18(2)15-21(28-13-6-7-14-28)17-26-23(24-3)25-12-11-19-9-8-10-20(16-19)22(29)27(4)5/h8-10,16,18,21H,6-7,11-15,17H2,1-5H3,(H2,24,25,26). The van der Waals surface area contributed by atoms with Crippen molar-refractivity contribution in [3.8, 4) is 0 Å². The molecule has 29 heavy (non-hydrogen) atoms. The summed E-state index contributed by atoms with van der Waals surface area (Å²) in [4.78, 5) is 20.7. The van der Waals surface area contributed by atoms with E-state index >= 15 is 0 Å². The van der Waals surface area contributed by atoms with E-state index in [0.717, 1.165) is 36.6 Å². The molecule has 0 aliphatic carbocycles. The number of amides is 1. The van der Waals surface area contributed by atoms with E-state index in [-0.39, 0.29) is 5.91 Å². The van der Waals surface area contributed by atoms with Crippen LogP contribution in [-0.2, 0) is 6.42 Å². The van der Waals surface area contributed by atoms with Crippen LogP contribution < -0.4 is 10.6 Å². The van der Waals surface area contributed by atoms with Crippen LogP contribution in [0.1, 0.15) is 49.0 Å². The highest BCUT2D eigenvalue weighted by Gasteiger charge is 2.22. The smallest absolute Gasteiger partial charge is 0.253 e. The SMILES string of the molecule is CN=C(NCCc1cccc(C(=O)N(C)C)c1)NCC(CC(C)C)N1CCCC1. The van der Waals surface area contributed by atoms with Crippen LogP contribution >= 0.6 is 0 Å². The summed E-state index contributed by atoms with van der Waals surface area (Å²) >= 11 is 0. The Morgan fingerprint density at radius 2 is 1.93 bits per heavy atom. The van der Waals surface area contributed by atoms with Crippen molar-refractivity contribution in [3.63, 3.8) is 0 Å². The molecule has 1 aromatic rings. The van der Waals surface area contributed by atoms with Crippen LogP contribution in [0, 0.1) is 5.92 Å². The van der Waals surface area contributed by atoms with Crippen LogP contribution in [0.25, 0.3) is 0 Å². The predicted octanol–water partition coefficient (Wildman–Crippen LogP) is 2.61. The number of hydrogen-bond acceptors (Lipinski definition) is 3. The molecule has 1 aliphatic rings. The van der Waals surface area contributed by atoms with Crippen LogP contribution in [0.3, 0.4) is 0 Å². The van der Waals surface area contributed by atoms with E-state index in [2.05, 4.69) is 40.4 Å². The van der Waals surface area contributed by atoms with Crippen LogP contribution in [0.4, 0.5) is 0 Å². The first-order chi connectivity index (χ1) is 13.9. The summed E-state index contributed by atoms with van der Waals surface area (Å²) in [7, 11) is 5.38. The molecule has 1 aromatic carbocycles. The van der Waals surface area contributed by atoms with Gasteiger partial charge in [-0.15, -0.1) is 0 Å². The molecule has 2 rings (SSSR count). The van der Waals surface area contributed by atoms with E-state index in [9.17, 15) is 4.79 Å². The first-order valence-electron chi connectivity index (χ1n) is 10.9. The number of hydrogen-bond donors (Lipinski definition) is 2. The largest absolute Gasteiger partial charge is 0.356 e. The van der Waals surface area contributed by atoms with Gasteiger partial charge in [0.2, 0.25) is 0 Å². The summed E-state index contributed by atoms with van der Waals surface area (Å²) in [6.07, 6.45) is 4.68. The van der Waals surface area contributed by atoms with Gasteiger partial charge in [0.1, 0.15) is 0 Å². The summed E-state index contributed by atoms with van der Waals surface area (Å²) in [5.74, 6) is 1.57. The van der Waals surface area contributed by atoms with Crippen LogP contribution in [-0.4, -0.2) is 75.0 Å². The van der Waals surface area contributed by atoms with Crippen molar-refractivity contribution in [2.45, 2.75) is 45.6 Å². The molecule has 6 heteroatoms. The Kier molecular flexibility index (Phi) is 9.45. The molecule has 1 unspecified atom stereocenters. The summed E-state index contributed by atoms with van der Waals surface area (Å²) < 4.78 is 0. The monoisotopic (exact) mass is 401 g/mol. The van der Waals surface area contributed by atoms with E-state index in [4.69, 9.17) is 0 Å². The maximum absolute atomic E-state index is 12.1. The molecule has 0 saturated carbocycles. The average Bonchev–Trinajstić information content (AvgIpc) is 3.23. The number of carbonyl (C=O) groups excluding carboxylic acids is 1. The average molecular weight is 402 g/mol. The third-order valence-electron chi connectivity index (χ3n) is 5.42. The number of benzene rings is 1. The van der Waals surface area contributed by atoms with Crippen molar-refractivity contribution in [2.75, 3.05) is 47.3 Å². The highest BCUT2D eigenvalue weighted by Crippen LogP contribution is 2.17. The molecule has 6 nitrogen and oxygen atoms in total. The van der Waals surface area contributed by atoms with Crippen molar-refractivity contribution in [1.29, 1.82) is 0 Å². The van der Waals surface area contributed by atoms with Gasteiger partial charge in [-0.05, 0) is 62.4 Å². The van der Waals surface area contributed by atoms with Crippen molar-refractivity contribution in [3.05, 3.63) is 35.4 Å². The molecular weight excluding hydrogens is 362 g/mol. The van der Waals surface area contributed by atoms with Crippen LogP contribution in [0.15, 0.2) is 29.3 Å². The quantitative estimate of drug-likeness (QED) is 0.493. The third-order valence-corrected chi connectivity index (χ3v) is 5.42. The molecule has 1 saturated heterocycles. The summed E-state index contributed by atoms with van der Waals surface area (Å²) in [5, 5.41) is 6.93. The molecule has 1 heterocycles. The predicted molar refractivity (Wildman–Crippen MR) is 122 cm³/mol. The number of likely N-dealkylation sites (tertiary alicyclic amines) is 1. The van der Waals surface area contributed by atoms with E-state index in [1.165, 1.54) is 32.4 Å². The number of carbonyl (C=O) groups is 1. The lowest BCUT2D eigenvalue weighted by atomic mass is 10.0. The normalized spacial score (nSPS) is 16.1. The molecule has 0 radical (unpaired) electrons. The zero-order valence-corrected chi connectivity index (χ0v) is 18.9. The molecule has 1 fully saturated rings. The van der Waals surface area contributed by atoms with Crippen molar-refractivity contribution < 1.29 is 4.79 Å². The van der Waals surface area contributed by atoms with E-state index in [0.29, 0.717) is 12.0 Å². The summed E-state index contributed by atoms with van der Waals surface area (Å²) in [6.45, 7) is 8.72. The minimum absolute atomic E-state index is 0.0374. The Hall–Kier alpha value is -2.08. The van der Waals surface area contributed by atoms with Gasteiger partial charge >= 0.3 is 0 Å². The lowest BCUT2D eigenvalue weighted by molar-refractivity contribution is 0.0827. The number of nitrogens with one attached hydrogen (secondary N) is 2. The molecule has 1 atom stereocenters. The number of nitrogens with zero attached hydrogens (tertiary/aromatic N) is 3. The Labute approximate surface area is 176 Å².